The summed E-state index contributed by atoms with van der Waals surface area (Å²) < 4.78 is 0. The Hall–Kier alpha value is -0.303. The highest BCUT2D eigenvalue weighted by Gasteiger charge is 2.33. The van der Waals surface area contributed by atoms with Crippen LogP contribution in [-0.2, 0) is 0 Å². The molecule has 0 saturated carbocycles. The lowest BCUT2D eigenvalue weighted by Gasteiger charge is -2.34. The van der Waals surface area contributed by atoms with Gasteiger partial charge >= 0.3 is 0 Å². The molecule has 0 radical (unpaired) electrons. The molecular formula is C9H18Si. The summed E-state index contributed by atoms with van der Waals surface area (Å²) >= 11 is 0. The maximum atomic E-state index is 3.86. The molecule has 0 rings (SSSR count). The third-order valence-corrected chi connectivity index (χ3v) is 7.23. The van der Waals surface area contributed by atoms with Crippen LogP contribution < -0.4 is 0 Å². The molecule has 10 heavy (non-hydrogen) atoms. The van der Waals surface area contributed by atoms with E-state index in [4.69, 9.17) is 0 Å². The van der Waals surface area contributed by atoms with Crippen molar-refractivity contribution < 1.29 is 0 Å². The number of hydrogen-bond donors (Lipinski definition) is 0. The summed E-state index contributed by atoms with van der Waals surface area (Å²) in [4.78, 5) is 0. The molecule has 0 unspecified atom stereocenters. The van der Waals surface area contributed by atoms with Gasteiger partial charge in [-0.1, -0.05) is 33.0 Å². The summed E-state index contributed by atoms with van der Waals surface area (Å²) in [7, 11) is -1.26. The Labute approximate surface area is 65.7 Å². The first kappa shape index (κ1) is 9.70. The minimum absolute atomic E-state index is 0.273. The third-order valence-electron chi connectivity index (χ3n) is 2.68. The zero-order valence-electron chi connectivity index (χ0n) is 7.57. The van der Waals surface area contributed by atoms with Crippen molar-refractivity contribution in [1.82, 2.24) is 0 Å². The molecule has 0 bridgehead atoms. The minimum Gasteiger partial charge on any atom is -0.107 e. The first-order valence-corrected chi connectivity index (χ1v) is 6.72. The van der Waals surface area contributed by atoms with Gasteiger partial charge in [-0.05, 0) is 5.04 Å². The van der Waals surface area contributed by atoms with Gasteiger partial charge in [0.05, 0.1) is 8.07 Å². The molecule has 1 heteroatoms. The molecule has 0 aliphatic carbocycles. The van der Waals surface area contributed by atoms with Crippen LogP contribution in [0.15, 0.2) is 24.9 Å². The molecule has 0 aromatic heterocycles. The van der Waals surface area contributed by atoms with Crippen LogP contribution >= 0.6 is 0 Å². The predicted octanol–water partition coefficient (Wildman–Crippen LogP) is 3.39. The van der Waals surface area contributed by atoms with E-state index in [1.807, 2.05) is 6.08 Å². The van der Waals surface area contributed by atoms with E-state index in [9.17, 15) is 0 Å². The lowest BCUT2D eigenvalue weighted by atomic mass is 10.2. The van der Waals surface area contributed by atoms with Crippen molar-refractivity contribution in [3.63, 3.8) is 0 Å². The monoisotopic (exact) mass is 154 g/mol. The van der Waals surface area contributed by atoms with Crippen LogP contribution in [0, 0.1) is 0 Å². The van der Waals surface area contributed by atoms with Crippen molar-refractivity contribution in [1.29, 1.82) is 0 Å². The van der Waals surface area contributed by atoms with Gasteiger partial charge in [0.2, 0.25) is 0 Å². The minimum atomic E-state index is -1.26. The summed E-state index contributed by atoms with van der Waals surface area (Å²) in [5, 5.41) is 0.273. The zero-order chi connectivity index (χ0) is 8.41. The fraction of sp³-hybridized carbons (Fsp3) is 0.556. The van der Waals surface area contributed by atoms with Gasteiger partial charge in [0.25, 0.3) is 0 Å². The summed E-state index contributed by atoms with van der Waals surface area (Å²) in [6.45, 7) is 16.8. The van der Waals surface area contributed by atoms with E-state index >= 15 is 0 Å². The van der Waals surface area contributed by atoms with E-state index in [1.54, 1.807) is 0 Å². The van der Waals surface area contributed by atoms with Gasteiger partial charge < -0.3 is 0 Å². The highest BCUT2D eigenvalue weighted by Crippen LogP contribution is 2.38. The number of allylic oxidation sites excluding steroid dienone is 1. The predicted molar refractivity (Wildman–Crippen MR) is 51.9 cm³/mol. The Morgan fingerprint density at radius 1 is 1.20 bits per heavy atom. The molecule has 0 amide bonds. The molecule has 0 heterocycles. The van der Waals surface area contributed by atoms with Crippen molar-refractivity contribution in [3.8, 4) is 0 Å². The van der Waals surface area contributed by atoms with Crippen LogP contribution in [0.3, 0.4) is 0 Å². The maximum absolute atomic E-state index is 3.86. The van der Waals surface area contributed by atoms with E-state index < -0.39 is 8.07 Å². The SMILES string of the molecule is C=CC(C)(C)[Si](C)(C)C=C. The van der Waals surface area contributed by atoms with Gasteiger partial charge in [0.15, 0.2) is 0 Å². The van der Waals surface area contributed by atoms with Gasteiger partial charge in [-0.15, -0.1) is 18.9 Å². The zero-order valence-corrected chi connectivity index (χ0v) is 8.57. The largest absolute Gasteiger partial charge is 0.107 e. The van der Waals surface area contributed by atoms with Crippen LogP contribution in [0.25, 0.3) is 0 Å². The number of hydrogen-bond acceptors (Lipinski definition) is 0. The van der Waals surface area contributed by atoms with Crippen LogP contribution in [0.4, 0.5) is 0 Å². The molecule has 0 atom stereocenters. The second-order valence-electron chi connectivity index (χ2n) is 3.85. The molecule has 0 aliphatic heterocycles. The molecule has 0 saturated heterocycles. The Morgan fingerprint density at radius 3 is 1.70 bits per heavy atom. The van der Waals surface area contributed by atoms with Gasteiger partial charge in [-0.2, -0.15) is 0 Å². The van der Waals surface area contributed by atoms with Crippen molar-refractivity contribution >= 4 is 8.07 Å². The molecule has 0 nitrogen and oxygen atoms in total. The molecule has 0 fully saturated rings. The van der Waals surface area contributed by atoms with Crippen LogP contribution in [0.2, 0.25) is 18.1 Å². The van der Waals surface area contributed by atoms with Crippen LogP contribution in [0.1, 0.15) is 13.8 Å². The lowest BCUT2D eigenvalue weighted by molar-refractivity contribution is 0.820. The van der Waals surface area contributed by atoms with Gasteiger partial charge in [0, 0.05) is 0 Å². The molecule has 0 aromatic rings. The Bertz CT molecular complexity index is 125. The van der Waals surface area contributed by atoms with Crippen LogP contribution in [0.5, 0.6) is 0 Å². The summed E-state index contributed by atoms with van der Waals surface area (Å²) in [5.41, 5.74) is 2.12. The highest BCUT2D eigenvalue weighted by molar-refractivity contribution is 6.85. The summed E-state index contributed by atoms with van der Waals surface area (Å²) in [5.74, 6) is 0. The lowest BCUT2D eigenvalue weighted by Crippen LogP contribution is -2.35. The third kappa shape index (κ3) is 1.60. The van der Waals surface area contributed by atoms with E-state index in [0.29, 0.717) is 0 Å². The van der Waals surface area contributed by atoms with E-state index in [2.05, 4.69) is 45.8 Å². The van der Waals surface area contributed by atoms with Gasteiger partial charge in [-0.3, -0.25) is 0 Å². The van der Waals surface area contributed by atoms with E-state index in [-0.39, 0.29) is 5.04 Å². The topological polar surface area (TPSA) is 0 Å². The average molecular weight is 154 g/mol. The fourth-order valence-electron chi connectivity index (χ4n) is 0.526. The van der Waals surface area contributed by atoms with Crippen LogP contribution in [-0.4, -0.2) is 8.07 Å². The highest BCUT2D eigenvalue weighted by atomic mass is 28.3. The Balaban J connectivity index is 4.59. The molecule has 58 valence electrons. The fourth-order valence-corrected chi connectivity index (χ4v) is 1.58. The number of rotatable bonds is 3. The van der Waals surface area contributed by atoms with Crippen molar-refractivity contribution in [2.75, 3.05) is 0 Å². The molecular weight excluding hydrogens is 136 g/mol. The second-order valence-corrected chi connectivity index (χ2v) is 8.99. The average Bonchev–Trinajstić information content (AvgIpc) is 1.88. The molecule has 0 aliphatic rings. The molecule has 0 aromatic carbocycles. The second kappa shape index (κ2) is 2.75. The Kier molecular flexibility index (Phi) is 2.66. The van der Waals surface area contributed by atoms with Gasteiger partial charge in [-0.25, -0.2) is 0 Å². The quantitative estimate of drug-likeness (QED) is 0.432. The van der Waals surface area contributed by atoms with E-state index in [0.717, 1.165) is 0 Å². The smallest absolute Gasteiger partial charge is 0.0802 e. The molecule has 0 N–H and O–H groups in total. The first-order chi connectivity index (χ1) is 4.37. The summed E-state index contributed by atoms with van der Waals surface area (Å²) in [6.07, 6.45) is 2.04. The first-order valence-electron chi connectivity index (χ1n) is 3.64. The van der Waals surface area contributed by atoms with E-state index in [1.165, 1.54) is 0 Å². The van der Waals surface area contributed by atoms with Crippen molar-refractivity contribution in [2.45, 2.75) is 32.0 Å². The van der Waals surface area contributed by atoms with Crippen molar-refractivity contribution in [2.24, 2.45) is 0 Å². The Morgan fingerprint density at radius 2 is 1.60 bits per heavy atom. The standard InChI is InChI=1S/C9H18Si/c1-7-9(3,4)10(5,6)8-2/h7-8H,1-2H2,3-6H3. The maximum Gasteiger partial charge on any atom is 0.0802 e. The van der Waals surface area contributed by atoms with Gasteiger partial charge in [0.1, 0.15) is 0 Å². The summed E-state index contributed by atoms with van der Waals surface area (Å²) in [6, 6.07) is 0. The molecule has 0 spiro atoms. The van der Waals surface area contributed by atoms with Crippen molar-refractivity contribution in [3.05, 3.63) is 24.9 Å². The normalized spacial score (nSPS) is 12.8.